The summed E-state index contributed by atoms with van der Waals surface area (Å²) in [5.41, 5.74) is 1.19. The maximum absolute atomic E-state index is 12.8. The van der Waals surface area contributed by atoms with Gasteiger partial charge in [-0.15, -0.1) is 0 Å². The zero-order valence-electron chi connectivity index (χ0n) is 15.7. The molecule has 1 amide bonds. The fourth-order valence-corrected chi connectivity index (χ4v) is 3.79. The molecule has 2 heterocycles. The van der Waals surface area contributed by atoms with E-state index in [0.29, 0.717) is 11.1 Å². The number of esters is 1. The predicted molar refractivity (Wildman–Crippen MR) is 98.3 cm³/mol. The van der Waals surface area contributed by atoms with Gasteiger partial charge in [0.1, 0.15) is 0 Å². The second kappa shape index (κ2) is 8.18. The van der Waals surface area contributed by atoms with Crippen LogP contribution in [0, 0.1) is 5.41 Å². The molecule has 6 heteroatoms. The molecule has 2 aliphatic heterocycles. The maximum atomic E-state index is 12.8. The molecule has 2 aliphatic rings. The molecule has 0 bridgehead atoms. The van der Waals surface area contributed by atoms with Crippen molar-refractivity contribution in [3.05, 3.63) is 35.4 Å². The van der Waals surface area contributed by atoms with Crippen LogP contribution in [0.5, 0.6) is 0 Å². The standard InChI is InChI=1S/C20H28N2O4/c1-20(15-21-10-12-26-13-11-21)6-8-22(9-7-20)18(23)16-4-3-5-17(14-16)19(24)25-2/h3-5,14H,6-13,15H2,1-2H3. The third kappa shape index (κ3) is 4.43. The van der Waals surface area contributed by atoms with Gasteiger partial charge in [-0.3, -0.25) is 9.69 Å². The van der Waals surface area contributed by atoms with Crippen molar-refractivity contribution >= 4 is 11.9 Å². The molecule has 0 aromatic heterocycles. The Balaban J connectivity index is 1.58. The lowest BCUT2D eigenvalue weighted by atomic mass is 9.79. The molecule has 0 N–H and O–H groups in total. The number of nitrogens with zero attached hydrogens (tertiary/aromatic N) is 2. The Kier molecular flexibility index (Phi) is 5.94. The smallest absolute Gasteiger partial charge is 0.337 e. The van der Waals surface area contributed by atoms with Crippen LogP contribution in [-0.2, 0) is 9.47 Å². The summed E-state index contributed by atoms with van der Waals surface area (Å²) < 4.78 is 10.2. The van der Waals surface area contributed by atoms with Crippen LogP contribution < -0.4 is 0 Å². The summed E-state index contributed by atoms with van der Waals surface area (Å²) in [5, 5.41) is 0. The summed E-state index contributed by atoms with van der Waals surface area (Å²) in [4.78, 5) is 28.9. The zero-order valence-corrected chi connectivity index (χ0v) is 15.7. The van der Waals surface area contributed by atoms with Gasteiger partial charge in [0.25, 0.3) is 5.91 Å². The van der Waals surface area contributed by atoms with Gasteiger partial charge in [0, 0.05) is 38.3 Å². The summed E-state index contributed by atoms with van der Waals surface area (Å²) in [6.07, 6.45) is 1.99. The van der Waals surface area contributed by atoms with E-state index in [1.165, 1.54) is 7.11 Å². The highest BCUT2D eigenvalue weighted by molar-refractivity contribution is 5.97. The average molecular weight is 360 g/mol. The number of carbonyl (C=O) groups is 2. The first-order chi connectivity index (χ1) is 12.5. The molecule has 0 saturated carbocycles. The first-order valence-electron chi connectivity index (χ1n) is 9.28. The fraction of sp³-hybridized carbons (Fsp3) is 0.600. The number of methoxy groups -OCH3 is 1. The van der Waals surface area contributed by atoms with Crippen molar-refractivity contribution in [2.45, 2.75) is 19.8 Å². The average Bonchev–Trinajstić information content (AvgIpc) is 2.68. The minimum atomic E-state index is -0.420. The molecule has 142 valence electrons. The van der Waals surface area contributed by atoms with Gasteiger partial charge in [0.05, 0.1) is 25.9 Å². The highest BCUT2D eigenvalue weighted by Crippen LogP contribution is 2.32. The van der Waals surface area contributed by atoms with Crippen molar-refractivity contribution < 1.29 is 19.1 Å². The van der Waals surface area contributed by atoms with Crippen LogP contribution in [-0.4, -0.2) is 74.7 Å². The highest BCUT2D eigenvalue weighted by Gasteiger charge is 2.34. The van der Waals surface area contributed by atoms with Gasteiger partial charge in [-0.1, -0.05) is 13.0 Å². The van der Waals surface area contributed by atoms with Gasteiger partial charge in [-0.2, -0.15) is 0 Å². The van der Waals surface area contributed by atoms with Crippen LogP contribution in [0.1, 0.15) is 40.5 Å². The molecule has 0 radical (unpaired) electrons. The number of morpholine rings is 1. The number of rotatable bonds is 4. The summed E-state index contributed by atoms with van der Waals surface area (Å²) in [6, 6.07) is 6.77. The quantitative estimate of drug-likeness (QED) is 0.769. The van der Waals surface area contributed by atoms with Crippen LogP contribution in [0.4, 0.5) is 0 Å². The molecule has 0 spiro atoms. The molecule has 26 heavy (non-hydrogen) atoms. The lowest BCUT2D eigenvalue weighted by molar-refractivity contribution is 0.00461. The van der Waals surface area contributed by atoms with E-state index in [1.54, 1.807) is 24.3 Å². The molecular formula is C20H28N2O4. The van der Waals surface area contributed by atoms with Crippen molar-refractivity contribution in [1.82, 2.24) is 9.80 Å². The summed E-state index contributed by atoms with van der Waals surface area (Å²) in [5.74, 6) is -0.430. The van der Waals surface area contributed by atoms with E-state index < -0.39 is 5.97 Å². The maximum Gasteiger partial charge on any atom is 0.337 e. The van der Waals surface area contributed by atoms with Crippen molar-refractivity contribution in [3.63, 3.8) is 0 Å². The Hall–Kier alpha value is -1.92. The van der Waals surface area contributed by atoms with E-state index in [-0.39, 0.29) is 11.3 Å². The highest BCUT2D eigenvalue weighted by atomic mass is 16.5. The summed E-state index contributed by atoms with van der Waals surface area (Å²) in [7, 11) is 1.34. The second-order valence-corrected chi connectivity index (χ2v) is 7.56. The Morgan fingerprint density at radius 2 is 1.77 bits per heavy atom. The van der Waals surface area contributed by atoms with Crippen LogP contribution >= 0.6 is 0 Å². The van der Waals surface area contributed by atoms with E-state index in [4.69, 9.17) is 9.47 Å². The summed E-state index contributed by atoms with van der Waals surface area (Å²) in [6.45, 7) is 8.52. The Labute approximate surface area is 155 Å². The molecule has 0 atom stereocenters. The van der Waals surface area contributed by atoms with Crippen molar-refractivity contribution in [3.8, 4) is 0 Å². The number of ether oxygens (including phenoxy) is 2. The normalized spacial score (nSPS) is 20.6. The molecule has 2 fully saturated rings. The lowest BCUT2D eigenvalue weighted by Gasteiger charge is -2.43. The minimum Gasteiger partial charge on any atom is -0.465 e. The van der Waals surface area contributed by atoms with Crippen LogP contribution in [0.2, 0.25) is 0 Å². The van der Waals surface area contributed by atoms with E-state index in [2.05, 4.69) is 11.8 Å². The molecule has 1 aromatic carbocycles. The molecule has 2 saturated heterocycles. The predicted octanol–water partition coefficient (Wildman–Crippen LogP) is 2.05. The van der Waals surface area contributed by atoms with Gasteiger partial charge >= 0.3 is 5.97 Å². The lowest BCUT2D eigenvalue weighted by Crippen LogP contribution is -2.48. The Bertz CT molecular complexity index is 647. The van der Waals surface area contributed by atoms with Crippen molar-refractivity contribution in [2.75, 3.05) is 53.0 Å². The van der Waals surface area contributed by atoms with Crippen LogP contribution in [0.25, 0.3) is 0 Å². The Morgan fingerprint density at radius 1 is 1.12 bits per heavy atom. The number of amides is 1. The number of carbonyl (C=O) groups excluding carboxylic acids is 2. The monoisotopic (exact) mass is 360 g/mol. The number of hydrogen-bond acceptors (Lipinski definition) is 5. The van der Waals surface area contributed by atoms with E-state index in [0.717, 1.165) is 58.8 Å². The van der Waals surface area contributed by atoms with Crippen LogP contribution in [0.15, 0.2) is 24.3 Å². The zero-order chi connectivity index (χ0) is 18.6. The largest absolute Gasteiger partial charge is 0.465 e. The van der Waals surface area contributed by atoms with Gasteiger partial charge in [0.2, 0.25) is 0 Å². The topological polar surface area (TPSA) is 59.1 Å². The van der Waals surface area contributed by atoms with E-state index in [1.807, 2.05) is 4.90 Å². The first kappa shape index (κ1) is 18.9. The van der Waals surface area contributed by atoms with E-state index >= 15 is 0 Å². The van der Waals surface area contributed by atoms with Gasteiger partial charge in [0.15, 0.2) is 0 Å². The fourth-order valence-electron chi connectivity index (χ4n) is 3.79. The molecule has 1 aromatic rings. The van der Waals surface area contributed by atoms with Crippen molar-refractivity contribution in [1.29, 1.82) is 0 Å². The SMILES string of the molecule is COC(=O)c1cccc(C(=O)N2CCC(C)(CN3CCOCC3)CC2)c1. The first-order valence-corrected chi connectivity index (χ1v) is 9.28. The number of hydrogen-bond donors (Lipinski definition) is 0. The molecule has 0 aliphatic carbocycles. The third-order valence-electron chi connectivity index (χ3n) is 5.50. The number of likely N-dealkylation sites (tertiary alicyclic amines) is 1. The molecule has 6 nitrogen and oxygen atoms in total. The van der Waals surface area contributed by atoms with Crippen LogP contribution in [0.3, 0.4) is 0 Å². The molecule has 0 unspecified atom stereocenters. The van der Waals surface area contributed by atoms with Gasteiger partial charge in [-0.05, 0) is 36.5 Å². The number of benzene rings is 1. The third-order valence-corrected chi connectivity index (χ3v) is 5.50. The molecular weight excluding hydrogens is 332 g/mol. The van der Waals surface area contributed by atoms with Crippen molar-refractivity contribution in [2.24, 2.45) is 5.41 Å². The second-order valence-electron chi connectivity index (χ2n) is 7.56. The number of piperidine rings is 1. The van der Waals surface area contributed by atoms with E-state index in [9.17, 15) is 9.59 Å². The molecule has 3 rings (SSSR count). The van der Waals surface area contributed by atoms with Gasteiger partial charge in [-0.25, -0.2) is 4.79 Å². The summed E-state index contributed by atoms with van der Waals surface area (Å²) >= 11 is 0. The minimum absolute atomic E-state index is 0.0100. The van der Waals surface area contributed by atoms with Gasteiger partial charge < -0.3 is 14.4 Å². The Morgan fingerprint density at radius 3 is 2.42 bits per heavy atom.